The zero-order chi connectivity index (χ0) is 18.2. The number of benzene rings is 1. The second-order valence-corrected chi connectivity index (χ2v) is 8.21. The van der Waals surface area contributed by atoms with Crippen molar-refractivity contribution in [1.29, 1.82) is 0 Å². The van der Waals surface area contributed by atoms with E-state index in [9.17, 15) is 9.59 Å². The number of halogens is 1. The monoisotopic (exact) mass is 379 g/mol. The summed E-state index contributed by atoms with van der Waals surface area (Å²) in [4.78, 5) is 29.1. The van der Waals surface area contributed by atoms with Gasteiger partial charge in [-0.25, -0.2) is 0 Å². The molecule has 3 rings (SSSR count). The summed E-state index contributed by atoms with van der Waals surface area (Å²) in [5.41, 5.74) is 8.36. The fourth-order valence-electron chi connectivity index (χ4n) is 3.85. The SMILES string of the molecule is Cc1ccc(CN2C(=O)CCC2C(=O)N2CCC(N)C(C)(C)C2)cc1.Cl. The van der Waals surface area contributed by atoms with E-state index in [1.54, 1.807) is 4.90 Å². The fraction of sp³-hybridized carbons (Fsp3) is 0.600. The molecular formula is C20H30ClN3O2. The van der Waals surface area contributed by atoms with Crippen molar-refractivity contribution >= 4 is 24.2 Å². The molecule has 144 valence electrons. The van der Waals surface area contributed by atoms with Crippen molar-refractivity contribution in [1.82, 2.24) is 9.80 Å². The average Bonchev–Trinajstić information content (AvgIpc) is 2.92. The number of rotatable bonds is 3. The van der Waals surface area contributed by atoms with Crippen molar-refractivity contribution in [3.8, 4) is 0 Å². The highest BCUT2D eigenvalue weighted by molar-refractivity contribution is 5.91. The second kappa shape index (κ2) is 7.97. The number of piperidine rings is 1. The Kier molecular flexibility index (Phi) is 6.35. The molecule has 2 heterocycles. The van der Waals surface area contributed by atoms with Crippen LogP contribution < -0.4 is 5.73 Å². The maximum absolute atomic E-state index is 13.1. The van der Waals surface area contributed by atoms with Gasteiger partial charge in [0.05, 0.1) is 0 Å². The zero-order valence-electron chi connectivity index (χ0n) is 15.9. The highest BCUT2D eigenvalue weighted by atomic mass is 35.5. The summed E-state index contributed by atoms with van der Waals surface area (Å²) in [6, 6.07) is 7.93. The van der Waals surface area contributed by atoms with Gasteiger partial charge >= 0.3 is 0 Å². The molecule has 2 unspecified atom stereocenters. The molecule has 0 bridgehead atoms. The van der Waals surface area contributed by atoms with Crippen molar-refractivity contribution in [3.63, 3.8) is 0 Å². The van der Waals surface area contributed by atoms with Crippen LogP contribution in [0.2, 0.25) is 0 Å². The molecule has 2 amide bonds. The molecule has 2 saturated heterocycles. The summed E-state index contributed by atoms with van der Waals surface area (Å²) in [6.07, 6.45) is 1.89. The number of carbonyl (C=O) groups is 2. The fourth-order valence-corrected chi connectivity index (χ4v) is 3.85. The standard InChI is InChI=1S/C20H29N3O2.ClH/c1-14-4-6-15(7-5-14)12-23-16(8-9-18(23)24)19(25)22-11-10-17(21)20(2,3)13-22;/h4-7,16-17H,8-13,21H2,1-3H3;1H. The first-order chi connectivity index (χ1) is 11.8. The summed E-state index contributed by atoms with van der Waals surface area (Å²) in [5.74, 6) is 0.157. The Morgan fingerprint density at radius 1 is 1.23 bits per heavy atom. The molecule has 2 aliphatic heterocycles. The number of amides is 2. The molecule has 6 heteroatoms. The highest BCUT2D eigenvalue weighted by Gasteiger charge is 2.42. The van der Waals surface area contributed by atoms with Crippen LogP contribution in [0.1, 0.15) is 44.2 Å². The van der Waals surface area contributed by atoms with Gasteiger partial charge < -0.3 is 15.5 Å². The van der Waals surface area contributed by atoms with E-state index in [0.717, 1.165) is 12.0 Å². The van der Waals surface area contributed by atoms with Crippen LogP contribution >= 0.6 is 12.4 Å². The quantitative estimate of drug-likeness (QED) is 0.877. The van der Waals surface area contributed by atoms with Crippen molar-refractivity contribution in [3.05, 3.63) is 35.4 Å². The molecule has 0 aromatic heterocycles. The maximum atomic E-state index is 13.1. The minimum Gasteiger partial charge on any atom is -0.340 e. The molecule has 1 aromatic rings. The molecule has 1 aromatic carbocycles. The van der Waals surface area contributed by atoms with E-state index in [0.29, 0.717) is 32.5 Å². The molecule has 0 spiro atoms. The smallest absolute Gasteiger partial charge is 0.245 e. The summed E-state index contributed by atoms with van der Waals surface area (Å²) in [5, 5.41) is 0. The Balaban J connectivity index is 0.00000243. The number of likely N-dealkylation sites (tertiary alicyclic amines) is 2. The largest absolute Gasteiger partial charge is 0.340 e. The number of aryl methyl sites for hydroxylation is 1. The van der Waals surface area contributed by atoms with E-state index in [-0.39, 0.29) is 41.7 Å². The lowest BCUT2D eigenvalue weighted by atomic mass is 9.79. The minimum absolute atomic E-state index is 0. The van der Waals surface area contributed by atoms with E-state index in [1.807, 2.05) is 36.1 Å². The summed E-state index contributed by atoms with van der Waals surface area (Å²) in [6.45, 7) is 8.12. The van der Waals surface area contributed by atoms with E-state index in [1.165, 1.54) is 5.56 Å². The predicted octanol–water partition coefficient (Wildman–Crippen LogP) is 2.49. The Morgan fingerprint density at radius 3 is 2.50 bits per heavy atom. The number of hydrogen-bond donors (Lipinski definition) is 1. The lowest BCUT2D eigenvalue weighted by molar-refractivity contribution is -0.144. The van der Waals surface area contributed by atoms with Crippen LogP contribution in [0.5, 0.6) is 0 Å². The topological polar surface area (TPSA) is 66.6 Å². The summed E-state index contributed by atoms with van der Waals surface area (Å²) in [7, 11) is 0. The number of carbonyl (C=O) groups excluding carboxylic acids is 2. The van der Waals surface area contributed by atoms with Crippen LogP contribution in [0.25, 0.3) is 0 Å². The van der Waals surface area contributed by atoms with Crippen molar-refractivity contribution in [2.75, 3.05) is 13.1 Å². The lowest BCUT2D eigenvalue weighted by Gasteiger charge is -2.44. The van der Waals surface area contributed by atoms with Gasteiger partial charge in [0.25, 0.3) is 0 Å². The van der Waals surface area contributed by atoms with E-state index in [4.69, 9.17) is 5.73 Å². The van der Waals surface area contributed by atoms with Crippen LogP contribution in [0.4, 0.5) is 0 Å². The van der Waals surface area contributed by atoms with Gasteiger partial charge in [0.2, 0.25) is 11.8 Å². The lowest BCUT2D eigenvalue weighted by Crippen LogP contribution is -2.57. The molecule has 2 aliphatic rings. The van der Waals surface area contributed by atoms with Gasteiger partial charge in [-0.15, -0.1) is 12.4 Å². The van der Waals surface area contributed by atoms with Crippen LogP contribution in [0.15, 0.2) is 24.3 Å². The Morgan fingerprint density at radius 2 is 1.88 bits per heavy atom. The number of nitrogens with zero attached hydrogens (tertiary/aromatic N) is 2. The van der Waals surface area contributed by atoms with Gasteiger partial charge in [-0.1, -0.05) is 43.7 Å². The van der Waals surface area contributed by atoms with Crippen molar-refractivity contribution in [2.45, 2.75) is 58.7 Å². The Hall–Kier alpha value is -1.59. The molecule has 26 heavy (non-hydrogen) atoms. The maximum Gasteiger partial charge on any atom is 0.245 e. The second-order valence-electron chi connectivity index (χ2n) is 8.21. The normalized spacial score (nSPS) is 25.2. The molecule has 2 fully saturated rings. The first kappa shape index (κ1) is 20.7. The van der Waals surface area contributed by atoms with E-state index in [2.05, 4.69) is 13.8 Å². The van der Waals surface area contributed by atoms with Crippen molar-refractivity contribution in [2.24, 2.45) is 11.1 Å². The van der Waals surface area contributed by atoms with Gasteiger partial charge in [0.15, 0.2) is 0 Å². The highest BCUT2D eigenvalue weighted by Crippen LogP contribution is 2.30. The molecule has 0 radical (unpaired) electrons. The molecule has 0 saturated carbocycles. The summed E-state index contributed by atoms with van der Waals surface area (Å²) < 4.78 is 0. The van der Waals surface area contributed by atoms with Gasteiger partial charge in [-0.2, -0.15) is 0 Å². The minimum atomic E-state index is -0.334. The number of nitrogens with two attached hydrogens (primary N) is 1. The third-order valence-electron chi connectivity index (χ3n) is 5.71. The molecule has 5 nitrogen and oxygen atoms in total. The zero-order valence-corrected chi connectivity index (χ0v) is 16.7. The van der Waals surface area contributed by atoms with E-state index < -0.39 is 0 Å². The molecule has 2 atom stereocenters. The van der Waals surface area contributed by atoms with Crippen LogP contribution in [0.3, 0.4) is 0 Å². The third-order valence-corrected chi connectivity index (χ3v) is 5.71. The molecule has 2 N–H and O–H groups in total. The van der Waals surface area contributed by atoms with Gasteiger partial charge in [0.1, 0.15) is 6.04 Å². The number of hydrogen-bond acceptors (Lipinski definition) is 3. The van der Waals surface area contributed by atoms with Gasteiger partial charge in [-0.05, 0) is 30.7 Å². The van der Waals surface area contributed by atoms with Crippen LogP contribution in [-0.4, -0.2) is 46.8 Å². The Bertz CT molecular complexity index is 660. The van der Waals surface area contributed by atoms with Crippen molar-refractivity contribution < 1.29 is 9.59 Å². The van der Waals surface area contributed by atoms with Crippen LogP contribution in [0, 0.1) is 12.3 Å². The van der Waals surface area contributed by atoms with E-state index >= 15 is 0 Å². The third kappa shape index (κ3) is 4.21. The van der Waals surface area contributed by atoms with Gasteiger partial charge in [0, 0.05) is 32.1 Å². The predicted molar refractivity (Wildman–Crippen MR) is 105 cm³/mol. The molecule has 0 aliphatic carbocycles. The first-order valence-corrected chi connectivity index (χ1v) is 9.17. The Labute approximate surface area is 162 Å². The summed E-state index contributed by atoms with van der Waals surface area (Å²) >= 11 is 0. The van der Waals surface area contributed by atoms with Gasteiger partial charge in [-0.3, -0.25) is 9.59 Å². The first-order valence-electron chi connectivity index (χ1n) is 9.17. The van der Waals surface area contributed by atoms with Crippen LogP contribution in [-0.2, 0) is 16.1 Å². The molecular weight excluding hydrogens is 350 g/mol. The average molecular weight is 380 g/mol.